The third-order valence-corrected chi connectivity index (χ3v) is 2.58. The summed E-state index contributed by atoms with van der Waals surface area (Å²) < 4.78 is 0. The number of hydrogen-bond acceptors (Lipinski definition) is 3. The molecule has 3 atom stereocenters. The summed E-state index contributed by atoms with van der Waals surface area (Å²) in [6, 6.07) is 1.04. The Morgan fingerprint density at radius 1 is 1.40 bits per heavy atom. The zero-order chi connectivity index (χ0) is 6.97. The molecule has 0 aromatic heterocycles. The summed E-state index contributed by atoms with van der Waals surface area (Å²) in [5, 5.41) is 8.01. The third kappa shape index (κ3) is 0.805. The molecule has 0 amide bonds. The van der Waals surface area contributed by atoms with Gasteiger partial charge in [-0.3, -0.25) is 5.43 Å². The van der Waals surface area contributed by atoms with E-state index < -0.39 is 0 Å². The topological polar surface area (TPSA) is 36.8 Å². The lowest BCUT2D eigenvalue weighted by Crippen LogP contribution is -2.38. The van der Waals surface area contributed by atoms with Crippen molar-refractivity contribution in [3.63, 3.8) is 0 Å². The fourth-order valence-corrected chi connectivity index (χ4v) is 1.91. The minimum absolute atomic E-state index is 0.480. The fourth-order valence-electron chi connectivity index (χ4n) is 1.91. The molecule has 2 rings (SSSR count). The van der Waals surface area contributed by atoms with E-state index >= 15 is 0 Å². The minimum Gasteiger partial charge on any atom is -0.286 e. The summed E-state index contributed by atoms with van der Waals surface area (Å²) in [6.07, 6.45) is 3.91. The fraction of sp³-hybridized carbons (Fsp3) is 1.00. The van der Waals surface area contributed by atoms with Gasteiger partial charge in [-0.15, -0.1) is 0 Å². The first-order valence-electron chi connectivity index (χ1n) is 4.03. The van der Waals surface area contributed by atoms with Crippen LogP contribution >= 0.6 is 0 Å². The Labute approximate surface area is 60.9 Å². The number of fused-ring (bicyclic) bond motifs is 1. The molecular formula is C7H13N3. The van der Waals surface area contributed by atoms with Gasteiger partial charge in [0.15, 0.2) is 0 Å². The van der Waals surface area contributed by atoms with Crippen molar-refractivity contribution in [2.45, 2.75) is 38.3 Å². The van der Waals surface area contributed by atoms with Crippen LogP contribution in [0.15, 0.2) is 10.3 Å². The normalized spacial score (nSPS) is 44.7. The van der Waals surface area contributed by atoms with Gasteiger partial charge in [-0.25, -0.2) is 0 Å². The van der Waals surface area contributed by atoms with Crippen molar-refractivity contribution in [2.24, 2.45) is 16.3 Å². The molecule has 2 aliphatic rings. The third-order valence-electron chi connectivity index (χ3n) is 2.58. The van der Waals surface area contributed by atoms with Crippen LogP contribution in [-0.4, -0.2) is 12.1 Å². The summed E-state index contributed by atoms with van der Waals surface area (Å²) in [5.74, 6) is 0.734. The van der Waals surface area contributed by atoms with Crippen molar-refractivity contribution in [3.05, 3.63) is 0 Å². The number of rotatable bonds is 0. The number of hydrogen-bond donors (Lipinski definition) is 1. The lowest BCUT2D eigenvalue weighted by molar-refractivity contribution is 0.293. The Morgan fingerprint density at radius 2 is 2.30 bits per heavy atom. The molecule has 3 heteroatoms. The van der Waals surface area contributed by atoms with E-state index in [9.17, 15) is 0 Å². The van der Waals surface area contributed by atoms with Gasteiger partial charge in [0.25, 0.3) is 0 Å². The van der Waals surface area contributed by atoms with Gasteiger partial charge in [0.05, 0.1) is 12.1 Å². The predicted molar refractivity (Wildman–Crippen MR) is 38.6 cm³/mol. The molecule has 0 radical (unpaired) electrons. The van der Waals surface area contributed by atoms with E-state index in [1.165, 1.54) is 19.3 Å². The maximum absolute atomic E-state index is 4.15. The van der Waals surface area contributed by atoms with Crippen LogP contribution in [0.25, 0.3) is 0 Å². The molecule has 0 bridgehead atoms. The Hall–Kier alpha value is -0.600. The smallest absolute Gasteiger partial charge is 0.0972 e. The summed E-state index contributed by atoms with van der Waals surface area (Å²) >= 11 is 0. The van der Waals surface area contributed by atoms with E-state index in [1.807, 2.05) is 0 Å². The lowest BCUT2D eigenvalue weighted by Gasteiger charge is -2.27. The second-order valence-electron chi connectivity index (χ2n) is 3.35. The number of nitrogens with zero attached hydrogens (tertiary/aromatic N) is 2. The van der Waals surface area contributed by atoms with Gasteiger partial charge in [0, 0.05) is 0 Å². The molecule has 3 unspecified atom stereocenters. The first-order chi connectivity index (χ1) is 4.88. The highest BCUT2D eigenvalue weighted by Gasteiger charge is 2.33. The predicted octanol–water partition coefficient (Wildman–Crippen LogP) is 1.51. The van der Waals surface area contributed by atoms with Crippen LogP contribution in [0.3, 0.4) is 0 Å². The second-order valence-corrected chi connectivity index (χ2v) is 3.35. The summed E-state index contributed by atoms with van der Waals surface area (Å²) in [5.41, 5.74) is 3.05. The molecular weight excluding hydrogens is 126 g/mol. The molecule has 1 aliphatic heterocycles. The monoisotopic (exact) mass is 139 g/mol. The van der Waals surface area contributed by atoms with E-state index in [1.54, 1.807) is 0 Å². The van der Waals surface area contributed by atoms with Crippen LogP contribution in [0.2, 0.25) is 0 Å². The van der Waals surface area contributed by atoms with Crippen molar-refractivity contribution in [1.82, 2.24) is 5.43 Å². The van der Waals surface area contributed by atoms with Crippen molar-refractivity contribution in [2.75, 3.05) is 0 Å². The van der Waals surface area contributed by atoms with Gasteiger partial charge < -0.3 is 0 Å². The molecule has 0 spiro atoms. The Balaban J connectivity index is 2.08. The molecule has 1 N–H and O–H groups in total. The molecule has 0 saturated heterocycles. The standard InChI is InChI=1S/C7H13N3/c1-5-3-2-4-6-7(5)9-10-8-6/h5-7H,2-4H2,1H3,(H,8,9). The van der Waals surface area contributed by atoms with Crippen LogP contribution in [-0.2, 0) is 0 Å². The van der Waals surface area contributed by atoms with Crippen molar-refractivity contribution >= 4 is 0 Å². The molecule has 1 fully saturated rings. The largest absolute Gasteiger partial charge is 0.286 e. The molecule has 1 aliphatic carbocycles. The molecule has 3 nitrogen and oxygen atoms in total. The zero-order valence-corrected chi connectivity index (χ0v) is 6.25. The Bertz CT molecular complexity index is 155. The maximum atomic E-state index is 4.15. The highest BCUT2D eigenvalue weighted by Crippen LogP contribution is 2.29. The quantitative estimate of drug-likeness (QED) is 0.542. The first kappa shape index (κ1) is 6.13. The summed E-state index contributed by atoms with van der Waals surface area (Å²) in [6.45, 7) is 2.27. The van der Waals surface area contributed by atoms with Gasteiger partial charge in [-0.1, -0.05) is 18.6 Å². The van der Waals surface area contributed by atoms with Crippen LogP contribution in [0, 0.1) is 5.92 Å². The van der Waals surface area contributed by atoms with E-state index in [-0.39, 0.29) is 0 Å². The highest BCUT2D eigenvalue weighted by atomic mass is 15.5. The molecule has 0 aromatic rings. The van der Waals surface area contributed by atoms with E-state index in [0.717, 1.165) is 5.92 Å². The first-order valence-corrected chi connectivity index (χ1v) is 4.03. The van der Waals surface area contributed by atoms with Crippen LogP contribution in [0.1, 0.15) is 26.2 Å². The van der Waals surface area contributed by atoms with E-state index in [4.69, 9.17) is 0 Å². The van der Waals surface area contributed by atoms with E-state index in [0.29, 0.717) is 12.1 Å². The van der Waals surface area contributed by atoms with E-state index in [2.05, 4.69) is 22.7 Å². The maximum Gasteiger partial charge on any atom is 0.0972 e. The van der Waals surface area contributed by atoms with Gasteiger partial charge in [-0.2, -0.15) is 5.11 Å². The lowest BCUT2D eigenvalue weighted by atomic mass is 9.83. The average molecular weight is 139 g/mol. The SMILES string of the molecule is CC1CCCC2NN=NC12. The summed E-state index contributed by atoms with van der Waals surface area (Å²) in [7, 11) is 0. The molecule has 1 heterocycles. The van der Waals surface area contributed by atoms with Gasteiger partial charge in [0.1, 0.15) is 0 Å². The van der Waals surface area contributed by atoms with Crippen molar-refractivity contribution in [3.8, 4) is 0 Å². The zero-order valence-electron chi connectivity index (χ0n) is 6.25. The Kier molecular flexibility index (Phi) is 1.36. The number of nitrogens with one attached hydrogen (secondary N) is 1. The van der Waals surface area contributed by atoms with Crippen LogP contribution in [0.5, 0.6) is 0 Å². The van der Waals surface area contributed by atoms with Gasteiger partial charge in [0.2, 0.25) is 0 Å². The molecule has 0 aromatic carbocycles. The molecule has 56 valence electrons. The van der Waals surface area contributed by atoms with Crippen molar-refractivity contribution < 1.29 is 0 Å². The average Bonchev–Trinajstić information content (AvgIpc) is 2.36. The second kappa shape index (κ2) is 2.22. The van der Waals surface area contributed by atoms with Crippen LogP contribution in [0.4, 0.5) is 0 Å². The van der Waals surface area contributed by atoms with Crippen molar-refractivity contribution in [1.29, 1.82) is 0 Å². The summed E-state index contributed by atoms with van der Waals surface area (Å²) in [4.78, 5) is 0. The Morgan fingerprint density at radius 3 is 3.10 bits per heavy atom. The van der Waals surface area contributed by atoms with Gasteiger partial charge >= 0.3 is 0 Å². The highest BCUT2D eigenvalue weighted by molar-refractivity contribution is 4.91. The van der Waals surface area contributed by atoms with Crippen LogP contribution < -0.4 is 5.43 Å². The molecule has 10 heavy (non-hydrogen) atoms. The minimum atomic E-state index is 0.480. The molecule has 1 saturated carbocycles. The van der Waals surface area contributed by atoms with Gasteiger partial charge in [-0.05, 0) is 18.8 Å².